The number of hydrogen-bond donors (Lipinski definition) is 3. The summed E-state index contributed by atoms with van der Waals surface area (Å²) in [5.41, 5.74) is -0.428. The number of nitrogens with zero attached hydrogens (tertiary/aromatic N) is 1. The number of aromatic hydroxyl groups is 1. The van der Waals surface area contributed by atoms with E-state index in [0.29, 0.717) is 0 Å². The summed E-state index contributed by atoms with van der Waals surface area (Å²) in [4.78, 5) is 10.8. The van der Waals surface area contributed by atoms with Crippen LogP contribution in [0.15, 0.2) is 46.1 Å². The van der Waals surface area contributed by atoms with Gasteiger partial charge in [-0.05, 0) is 30.3 Å². The third-order valence-electron chi connectivity index (χ3n) is 2.07. The van der Waals surface area contributed by atoms with Crippen LogP contribution in [0.4, 0.5) is 5.82 Å². The number of H-pyrrole nitrogens is 1. The van der Waals surface area contributed by atoms with Gasteiger partial charge in [-0.2, -0.15) is 5.10 Å². The fourth-order valence-electron chi connectivity index (χ4n) is 1.22. The number of sulfonamides is 1. The molecule has 3 N–H and O–H groups in total. The topological polar surface area (TPSA) is 112 Å². The minimum atomic E-state index is -3.79. The fourth-order valence-corrected chi connectivity index (χ4v) is 2.22. The third kappa shape index (κ3) is 2.66. The molecule has 1 heterocycles. The second-order valence-corrected chi connectivity index (χ2v) is 5.09. The summed E-state index contributed by atoms with van der Waals surface area (Å²) in [5.74, 6) is -0.0289. The van der Waals surface area contributed by atoms with Gasteiger partial charge in [-0.1, -0.05) is 0 Å². The second kappa shape index (κ2) is 4.49. The van der Waals surface area contributed by atoms with E-state index in [1.807, 2.05) is 0 Å². The first-order valence-electron chi connectivity index (χ1n) is 4.85. The Hall–Kier alpha value is -2.35. The number of phenolic OH excluding ortho intramolecular Hbond substituents is 1. The van der Waals surface area contributed by atoms with Gasteiger partial charge in [0.2, 0.25) is 0 Å². The highest BCUT2D eigenvalue weighted by Gasteiger charge is 2.14. The molecule has 0 bridgehead atoms. The Kier molecular flexibility index (Phi) is 3.02. The summed E-state index contributed by atoms with van der Waals surface area (Å²) in [6, 6.07) is 7.43. The Morgan fingerprint density at radius 1 is 1.11 bits per heavy atom. The van der Waals surface area contributed by atoms with Gasteiger partial charge in [-0.25, -0.2) is 13.5 Å². The highest BCUT2D eigenvalue weighted by molar-refractivity contribution is 7.92. The van der Waals surface area contributed by atoms with E-state index in [0.717, 1.165) is 6.07 Å². The first-order valence-corrected chi connectivity index (χ1v) is 6.33. The van der Waals surface area contributed by atoms with Crippen LogP contribution in [-0.2, 0) is 10.0 Å². The number of aromatic nitrogens is 2. The normalized spacial score (nSPS) is 11.1. The van der Waals surface area contributed by atoms with Crippen molar-refractivity contribution in [3.05, 3.63) is 46.8 Å². The maximum absolute atomic E-state index is 11.9. The van der Waals surface area contributed by atoms with E-state index in [-0.39, 0.29) is 16.5 Å². The van der Waals surface area contributed by atoms with Crippen LogP contribution >= 0.6 is 0 Å². The molecule has 0 aliphatic heterocycles. The number of aromatic amines is 1. The van der Waals surface area contributed by atoms with E-state index in [2.05, 4.69) is 14.9 Å². The molecule has 18 heavy (non-hydrogen) atoms. The molecule has 2 rings (SSSR count). The SMILES string of the molecule is O=c1ccc(NS(=O)(=O)c2ccc(O)cc2)n[nH]1. The lowest BCUT2D eigenvalue weighted by molar-refractivity contribution is 0.475. The van der Waals surface area contributed by atoms with E-state index in [9.17, 15) is 13.2 Å². The molecule has 0 atom stereocenters. The molecule has 0 aliphatic rings. The number of benzene rings is 1. The van der Waals surface area contributed by atoms with Crippen molar-refractivity contribution in [3.63, 3.8) is 0 Å². The number of nitrogens with one attached hydrogen (secondary N) is 2. The molecule has 0 aliphatic carbocycles. The largest absolute Gasteiger partial charge is 0.508 e. The maximum atomic E-state index is 11.9. The minimum Gasteiger partial charge on any atom is -0.508 e. The van der Waals surface area contributed by atoms with Crippen LogP contribution < -0.4 is 10.3 Å². The zero-order valence-corrected chi connectivity index (χ0v) is 9.81. The molecule has 94 valence electrons. The Bertz CT molecular complexity index is 686. The van der Waals surface area contributed by atoms with E-state index in [1.54, 1.807) is 0 Å². The smallest absolute Gasteiger partial charge is 0.264 e. The molecule has 0 saturated carbocycles. The summed E-state index contributed by atoms with van der Waals surface area (Å²) >= 11 is 0. The fraction of sp³-hybridized carbons (Fsp3) is 0. The summed E-state index contributed by atoms with van der Waals surface area (Å²) in [5, 5.41) is 14.7. The lowest BCUT2D eigenvalue weighted by atomic mass is 10.3. The standard InChI is InChI=1S/C10H9N3O4S/c14-7-1-3-8(4-2-7)18(16,17)13-9-5-6-10(15)12-11-9/h1-6,14H,(H,11,13)(H,12,15). The molecule has 0 fully saturated rings. The first kappa shape index (κ1) is 12.1. The Morgan fingerprint density at radius 2 is 1.78 bits per heavy atom. The van der Waals surface area contributed by atoms with Crippen molar-refractivity contribution in [3.8, 4) is 5.75 Å². The summed E-state index contributed by atoms with van der Waals surface area (Å²) in [6.07, 6.45) is 0. The molecule has 1 aromatic heterocycles. The van der Waals surface area contributed by atoms with Gasteiger partial charge in [0.25, 0.3) is 15.6 Å². The van der Waals surface area contributed by atoms with Crippen LogP contribution in [0.3, 0.4) is 0 Å². The predicted octanol–water partition coefficient (Wildman–Crippen LogP) is 0.276. The molecular formula is C10H9N3O4S. The number of rotatable bonds is 3. The Balaban J connectivity index is 2.29. The van der Waals surface area contributed by atoms with Crippen molar-refractivity contribution in [1.29, 1.82) is 0 Å². The van der Waals surface area contributed by atoms with E-state index in [1.165, 1.54) is 30.3 Å². The average molecular weight is 267 g/mol. The van der Waals surface area contributed by atoms with Gasteiger partial charge in [-0.3, -0.25) is 9.52 Å². The molecule has 8 heteroatoms. The Labute approximate surface area is 102 Å². The molecule has 0 saturated heterocycles. The van der Waals surface area contributed by atoms with Crippen molar-refractivity contribution >= 4 is 15.8 Å². The zero-order chi connectivity index (χ0) is 13.2. The summed E-state index contributed by atoms with van der Waals surface area (Å²) < 4.78 is 25.9. The van der Waals surface area contributed by atoms with Crippen LogP contribution in [0, 0.1) is 0 Å². The van der Waals surface area contributed by atoms with Crippen molar-refractivity contribution < 1.29 is 13.5 Å². The molecule has 0 unspecified atom stereocenters. The first-order chi connectivity index (χ1) is 8.47. The van der Waals surface area contributed by atoms with Gasteiger partial charge >= 0.3 is 0 Å². The number of phenols is 1. The van der Waals surface area contributed by atoms with E-state index >= 15 is 0 Å². The van der Waals surface area contributed by atoms with Gasteiger partial charge in [0.1, 0.15) is 5.75 Å². The summed E-state index contributed by atoms with van der Waals surface area (Å²) in [7, 11) is -3.79. The van der Waals surface area contributed by atoms with Crippen LogP contribution in [-0.4, -0.2) is 23.7 Å². The average Bonchev–Trinajstić information content (AvgIpc) is 2.32. The number of hydrogen-bond acceptors (Lipinski definition) is 5. The second-order valence-electron chi connectivity index (χ2n) is 3.41. The molecule has 0 radical (unpaired) electrons. The van der Waals surface area contributed by atoms with Gasteiger partial charge < -0.3 is 5.11 Å². The van der Waals surface area contributed by atoms with Crippen molar-refractivity contribution in [2.45, 2.75) is 4.90 Å². The van der Waals surface area contributed by atoms with Gasteiger partial charge in [-0.15, -0.1) is 0 Å². The molecule has 2 aromatic rings. The van der Waals surface area contributed by atoms with Gasteiger partial charge in [0, 0.05) is 6.07 Å². The molecule has 7 nitrogen and oxygen atoms in total. The monoisotopic (exact) mass is 267 g/mol. The van der Waals surface area contributed by atoms with Crippen molar-refractivity contribution in [2.75, 3.05) is 4.72 Å². The molecule has 1 aromatic carbocycles. The minimum absolute atomic E-state index is 0.00248. The van der Waals surface area contributed by atoms with Gasteiger partial charge in [0.05, 0.1) is 4.90 Å². The molecule has 0 amide bonds. The zero-order valence-electron chi connectivity index (χ0n) is 8.99. The highest BCUT2D eigenvalue weighted by Crippen LogP contribution is 2.16. The van der Waals surface area contributed by atoms with E-state index in [4.69, 9.17) is 5.11 Å². The summed E-state index contributed by atoms with van der Waals surface area (Å²) in [6.45, 7) is 0. The van der Waals surface area contributed by atoms with Gasteiger partial charge in [0.15, 0.2) is 5.82 Å². The lowest BCUT2D eigenvalue weighted by Crippen LogP contribution is -2.16. The van der Waals surface area contributed by atoms with E-state index < -0.39 is 15.6 Å². The van der Waals surface area contributed by atoms with Crippen LogP contribution in [0.5, 0.6) is 5.75 Å². The Morgan fingerprint density at radius 3 is 2.33 bits per heavy atom. The van der Waals surface area contributed by atoms with Crippen molar-refractivity contribution in [1.82, 2.24) is 10.2 Å². The van der Waals surface area contributed by atoms with Crippen molar-refractivity contribution in [2.24, 2.45) is 0 Å². The van der Waals surface area contributed by atoms with Crippen LogP contribution in [0.25, 0.3) is 0 Å². The predicted molar refractivity (Wildman–Crippen MR) is 63.8 cm³/mol. The quantitative estimate of drug-likeness (QED) is 0.739. The van der Waals surface area contributed by atoms with Crippen LogP contribution in [0.2, 0.25) is 0 Å². The molecule has 0 spiro atoms. The van der Waals surface area contributed by atoms with Crippen LogP contribution in [0.1, 0.15) is 0 Å². The third-order valence-corrected chi connectivity index (χ3v) is 3.44. The lowest BCUT2D eigenvalue weighted by Gasteiger charge is -2.06. The maximum Gasteiger partial charge on any atom is 0.264 e. The highest BCUT2D eigenvalue weighted by atomic mass is 32.2. The number of anilines is 1. The molecular weight excluding hydrogens is 258 g/mol.